The van der Waals surface area contributed by atoms with Crippen molar-refractivity contribution in [3.05, 3.63) is 46.5 Å². The van der Waals surface area contributed by atoms with Crippen LogP contribution in [0.15, 0.2) is 24.3 Å². The van der Waals surface area contributed by atoms with Gasteiger partial charge in [-0.2, -0.15) is 0 Å². The van der Waals surface area contributed by atoms with Crippen molar-refractivity contribution in [3.63, 3.8) is 0 Å². The van der Waals surface area contributed by atoms with E-state index in [-0.39, 0.29) is 5.56 Å². The molecule has 0 saturated carbocycles. The molecule has 1 N–H and O–H groups in total. The van der Waals surface area contributed by atoms with Gasteiger partial charge in [-0.3, -0.25) is 0 Å². The van der Waals surface area contributed by atoms with E-state index in [4.69, 9.17) is 9.47 Å². The van der Waals surface area contributed by atoms with E-state index in [0.717, 1.165) is 53.1 Å². The zero-order valence-corrected chi connectivity index (χ0v) is 14.3. The Hall–Kier alpha value is -2.82. The fourth-order valence-corrected chi connectivity index (χ4v) is 4.01. The Labute approximate surface area is 144 Å². The quantitative estimate of drug-likeness (QED) is 0.723. The molecule has 1 aromatic heterocycles. The van der Waals surface area contributed by atoms with Crippen LogP contribution in [0.4, 0.5) is 0 Å². The molecule has 0 fully saturated rings. The van der Waals surface area contributed by atoms with Gasteiger partial charge in [0.25, 0.3) is 0 Å². The molecule has 4 rings (SSSR count). The Bertz CT molecular complexity index is 1020. The lowest BCUT2D eigenvalue weighted by atomic mass is 9.82. The first kappa shape index (κ1) is 15.7. The van der Waals surface area contributed by atoms with E-state index in [1.54, 1.807) is 0 Å². The molecule has 1 aliphatic rings. The van der Waals surface area contributed by atoms with Crippen LogP contribution in [0, 0.1) is 0 Å². The third kappa shape index (κ3) is 2.22. The molecule has 0 unspecified atom stereocenters. The highest BCUT2D eigenvalue weighted by Gasteiger charge is 2.31. The second kappa shape index (κ2) is 5.92. The largest absolute Gasteiger partial charge is 0.465 e. The molecule has 5 nitrogen and oxygen atoms in total. The Morgan fingerprint density at radius 1 is 0.920 bits per heavy atom. The van der Waals surface area contributed by atoms with Gasteiger partial charge in [0, 0.05) is 16.3 Å². The predicted molar refractivity (Wildman–Crippen MR) is 95.1 cm³/mol. The van der Waals surface area contributed by atoms with Crippen LogP contribution < -0.4 is 0 Å². The number of hydrogen-bond acceptors (Lipinski definition) is 4. The Morgan fingerprint density at radius 2 is 1.56 bits per heavy atom. The van der Waals surface area contributed by atoms with Crippen LogP contribution in [0.25, 0.3) is 21.8 Å². The number of aromatic nitrogens is 1. The number of ether oxygens (including phenoxy) is 2. The number of aromatic amines is 1. The van der Waals surface area contributed by atoms with E-state index >= 15 is 0 Å². The number of carbonyl (C=O) groups excluding carboxylic acids is 2. The number of carbonyl (C=O) groups is 2. The smallest absolute Gasteiger partial charge is 0.340 e. The van der Waals surface area contributed by atoms with Crippen molar-refractivity contribution in [3.8, 4) is 0 Å². The van der Waals surface area contributed by atoms with Crippen LogP contribution in [0.3, 0.4) is 0 Å². The van der Waals surface area contributed by atoms with Gasteiger partial charge in [0.1, 0.15) is 0 Å². The molecule has 0 atom stereocenters. The second-order valence-corrected chi connectivity index (χ2v) is 6.32. The summed E-state index contributed by atoms with van der Waals surface area (Å²) in [5.41, 5.74) is 4.30. The summed E-state index contributed by atoms with van der Waals surface area (Å²) >= 11 is 0. The Morgan fingerprint density at radius 3 is 2.28 bits per heavy atom. The molecule has 3 aromatic rings. The summed E-state index contributed by atoms with van der Waals surface area (Å²) < 4.78 is 10.0. The van der Waals surface area contributed by atoms with Crippen LogP contribution in [0.5, 0.6) is 0 Å². The molecule has 0 radical (unpaired) electrons. The van der Waals surface area contributed by atoms with Gasteiger partial charge in [-0.25, -0.2) is 9.59 Å². The minimum absolute atomic E-state index is 0.279. The molecule has 25 heavy (non-hydrogen) atoms. The molecule has 0 spiro atoms. The molecule has 0 aliphatic heterocycles. The van der Waals surface area contributed by atoms with Crippen molar-refractivity contribution < 1.29 is 19.1 Å². The van der Waals surface area contributed by atoms with E-state index in [1.165, 1.54) is 14.2 Å². The predicted octanol–water partition coefficient (Wildman–Crippen LogP) is 3.77. The van der Waals surface area contributed by atoms with Gasteiger partial charge in [-0.05, 0) is 42.9 Å². The fraction of sp³-hybridized carbons (Fsp3) is 0.300. The number of esters is 2. The number of hydrogen-bond donors (Lipinski definition) is 1. The number of methoxy groups -OCH3 is 2. The lowest BCUT2D eigenvalue weighted by Gasteiger charge is -2.22. The van der Waals surface area contributed by atoms with E-state index in [9.17, 15) is 9.59 Å². The topological polar surface area (TPSA) is 68.4 Å². The summed E-state index contributed by atoms with van der Waals surface area (Å²) in [6.07, 6.45) is 3.71. The van der Waals surface area contributed by atoms with Gasteiger partial charge < -0.3 is 14.5 Å². The van der Waals surface area contributed by atoms with Gasteiger partial charge in [-0.15, -0.1) is 0 Å². The average molecular weight is 337 g/mol. The number of fused-ring (bicyclic) bond motifs is 5. The molecule has 1 heterocycles. The molecule has 0 saturated heterocycles. The maximum absolute atomic E-state index is 12.6. The van der Waals surface area contributed by atoms with Gasteiger partial charge in [-0.1, -0.05) is 18.2 Å². The number of H-pyrrole nitrogens is 1. The highest BCUT2D eigenvalue weighted by Crippen LogP contribution is 2.39. The summed E-state index contributed by atoms with van der Waals surface area (Å²) in [6, 6.07) is 7.95. The van der Waals surface area contributed by atoms with Crippen LogP contribution in [0.1, 0.15) is 44.7 Å². The van der Waals surface area contributed by atoms with Crippen molar-refractivity contribution >= 4 is 33.7 Å². The molecule has 5 heteroatoms. The summed E-state index contributed by atoms with van der Waals surface area (Å²) in [5.74, 6) is -1.01. The SMILES string of the molecule is COC(=O)c1c2c(c3c([nH]c4ccccc43)c1C(=O)OC)CCCC2. The van der Waals surface area contributed by atoms with E-state index in [1.807, 2.05) is 24.3 Å². The van der Waals surface area contributed by atoms with Crippen LogP contribution >= 0.6 is 0 Å². The third-order valence-electron chi connectivity index (χ3n) is 5.06. The van der Waals surface area contributed by atoms with Crippen LogP contribution in [-0.4, -0.2) is 31.1 Å². The average Bonchev–Trinajstić information content (AvgIpc) is 3.05. The van der Waals surface area contributed by atoms with Gasteiger partial charge in [0.05, 0.1) is 30.9 Å². The molecule has 0 amide bonds. The second-order valence-electron chi connectivity index (χ2n) is 6.32. The van der Waals surface area contributed by atoms with Gasteiger partial charge in [0.15, 0.2) is 0 Å². The Balaban J connectivity index is 2.24. The molecular formula is C20H19NO4. The molecule has 1 aliphatic carbocycles. The van der Waals surface area contributed by atoms with Crippen molar-refractivity contribution in [2.45, 2.75) is 25.7 Å². The summed E-state index contributed by atoms with van der Waals surface area (Å²) in [5, 5.41) is 2.09. The maximum Gasteiger partial charge on any atom is 0.340 e. The van der Waals surface area contributed by atoms with E-state index < -0.39 is 11.9 Å². The van der Waals surface area contributed by atoms with E-state index in [2.05, 4.69) is 4.98 Å². The molecule has 0 bridgehead atoms. The van der Waals surface area contributed by atoms with Crippen molar-refractivity contribution in [1.29, 1.82) is 0 Å². The van der Waals surface area contributed by atoms with Crippen molar-refractivity contribution in [1.82, 2.24) is 4.98 Å². The highest BCUT2D eigenvalue weighted by atomic mass is 16.5. The summed E-state index contributed by atoms with van der Waals surface area (Å²) in [7, 11) is 2.67. The summed E-state index contributed by atoms with van der Waals surface area (Å²) in [4.78, 5) is 28.4. The minimum atomic E-state index is -0.523. The zero-order chi connectivity index (χ0) is 17.6. The standard InChI is InChI=1S/C20H19NO4/c1-24-19(22)16-12-8-4-3-7-11(12)15-13-9-5-6-10-14(13)21-18(15)17(16)20(23)25-2/h5-6,9-10,21H,3-4,7-8H2,1-2H3. The fourth-order valence-electron chi connectivity index (χ4n) is 4.01. The minimum Gasteiger partial charge on any atom is -0.465 e. The van der Waals surface area contributed by atoms with Crippen LogP contribution in [0.2, 0.25) is 0 Å². The molecule has 2 aromatic carbocycles. The van der Waals surface area contributed by atoms with Crippen molar-refractivity contribution in [2.24, 2.45) is 0 Å². The lowest BCUT2D eigenvalue weighted by Crippen LogP contribution is -2.19. The lowest BCUT2D eigenvalue weighted by molar-refractivity contribution is 0.0555. The van der Waals surface area contributed by atoms with Crippen LogP contribution in [-0.2, 0) is 22.3 Å². The van der Waals surface area contributed by atoms with Gasteiger partial charge in [0.2, 0.25) is 0 Å². The zero-order valence-electron chi connectivity index (χ0n) is 14.3. The first-order chi connectivity index (χ1) is 12.2. The van der Waals surface area contributed by atoms with Crippen molar-refractivity contribution in [2.75, 3.05) is 14.2 Å². The highest BCUT2D eigenvalue weighted by molar-refractivity contribution is 6.20. The molecule has 128 valence electrons. The number of rotatable bonds is 2. The monoisotopic (exact) mass is 337 g/mol. The molecular weight excluding hydrogens is 318 g/mol. The van der Waals surface area contributed by atoms with Gasteiger partial charge >= 0.3 is 11.9 Å². The third-order valence-corrected chi connectivity index (χ3v) is 5.06. The number of aryl methyl sites for hydroxylation is 1. The number of nitrogens with one attached hydrogen (secondary N) is 1. The maximum atomic E-state index is 12.6. The number of benzene rings is 2. The van der Waals surface area contributed by atoms with E-state index in [0.29, 0.717) is 11.1 Å². The normalized spacial score (nSPS) is 13.7. The Kier molecular flexibility index (Phi) is 3.71. The first-order valence-corrected chi connectivity index (χ1v) is 8.42. The first-order valence-electron chi connectivity index (χ1n) is 8.42. The summed E-state index contributed by atoms with van der Waals surface area (Å²) in [6.45, 7) is 0. The number of para-hydroxylation sites is 1.